The van der Waals surface area contributed by atoms with Gasteiger partial charge >= 0.3 is 5.97 Å². The SMILES string of the molecule is CC(=O)OC1(C2CCCCN2)CN(C(=O)c2cn3ccnc3c(Cl)c2Nc2ccc(Br)cc2Cl)C1. The van der Waals surface area contributed by atoms with Crippen LogP contribution in [0.25, 0.3) is 5.65 Å². The predicted octanol–water partition coefficient (Wildman–Crippen LogP) is 5.05. The molecule has 1 aromatic carbocycles. The number of halogens is 3. The second-order valence-electron chi connectivity index (χ2n) is 8.96. The molecule has 184 valence electrons. The number of amides is 1. The summed E-state index contributed by atoms with van der Waals surface area (Å²) < 4.78 is 8.34. The van der Waals surface area contributed by atoms with E-state index >= 15 is 0 Å². The molecule has 5 rings (SSSR count). The van der Waals surface area contributed by atoms with Crippen molar-refractivity contribution in [2.45, 2.75) is 37.8 Å². The van der Waals surface area contributed by atoms with Crippen molar-refractivity contribution in [3.05, 3.63) is 56.9 Å². The molecule has 35 heavy (non-hydrogen) atoms. The second-order valence-corrected chi connectivity index (χ2v) is 10.7. The Balaban J connectivity index is 1.47. The standard InChI is InChI=1S/C24H24BrCl2N5O3/c1-14(33)35-24(19-4-2-3-7-28-19)12-32(13-24)23(34)16-11-31-9-8-29-22(31)20(27)21(16)30-18-6-5-15(25)10-17(18)26/h5-6,8-11,19,28,30H,2-4,7,12-13H2,1H3. The third-order valence-corrected chi connectivity index (χ3v) is 7.70. The average molecular weight is 581 g/mol. The van der Waals surface area contributed by atoms with E-state index in [0.29, 0.717) is 45.7 Å². The number of anilines is 2. The van der Waals surface area contributed by atoms with Crippen molar-refractivity contribution in [2.24, 2.45) is 0 Å². The number of piperidine rings is 1. The summed E-state index contributed by atoms with van der Waals surface area (Å²) in [5, 5.41) is 7.48. The lowest BCUT2D eigenvalue weighted by atomic mass is 9.81. The molecule has 0 spiro atoms. The molecule has 2 aromatic heterocycles. The van der Waals surface area contributed by atoms with E-state index < -0.39 is 5.60 Å². The number of nitrogens with zero attached hydrogens (tertiary/aromatic N) is 3. The first-order chi connectivity index (χ1) is 16.8. The molecule has 2 N–H and O–H groups in total. The summed E-state index contributed by atoms with van der Waals surface area (Å²) in [7, 11) is 0. The number of hydrogen-bond donors (Lipinski definition) is 2. The van der Waals surface area contributed by atoms with Crippen molar-refractivity contribution in [2.75, 3.05) is 25.0 Å². The molecular formula is C24H24BrCl2N5O3. The molecule has 0 saturated carbocycles. The van der Waals surface area contributed by atoms with Crippen LogP contribution in [0.15, 0.2) is 41.3 Å². The van der Waals surface area contributed by atoms with Gasteiger partial charge < -0.3 is 24.7 Å². The fraction of sp³-hybridized carbons (Fsp3) is 0.375. The first kappa shape index (κ1) is 24.4. The summed E-state index contributed by atoms with van der Waals surface area (Å²) in [5.74, 6) is -0.573. The predicted molar refractivity (Wildman–Crippen MR) is 139 cm³/mol. The van der Waals surface area contributed by atoms with Gasteiger partial charge in [0.15, 0.2) is 11.2 Å². The van der Waals surface area contributed by atoms with Crippen molar-refractivity contribution in [3.8, 4) is 0 Å². The second kappa shape index (κ2) is 9.61. The Bertz CT molecular complexity index is 1300. The van der Waals surface area contributed by atoms with E-state index in [1.807, 2.05) is 6.07 Å². The molecule has 11 heteroatoms. The zero-order valence-electron chi connectivity index (χ0n) is 19.0. The van der Waals surface area contributed by atoms with E-state index in [1.165, 1.54) is 6.92 Å². The molecule has 2 aliphatic rings. The summed E-state index contributed by atoms with van der Waals surface area (Å²) in [6, 6.07) is 5.42. The van der Waals surface area contributed by atoms with Crippen LogP contribution in [0, 0.1) is 0 Å². The average Bonchev–Trinajstić information content (AvgIpc) is 3.28. The molecule has 2 aliphatic heterocycles. The Kier molecular flexibility index (Phi) is 6.69. The van der Waals surface area contributed by atoms with Crippen molar-refractivity contribution < 1.29 is 14.3 Å². The molecule has 1 unspecified atom stereocenters. The van der Waals surface area contributed by atoms with Crippen molar-refractivity contribution in [1.82, 2.24) is 19.6 Å². The van der Waals surface area contributed by atoms with Crippen molar-refractivity contribution in [3.63, 3.8) is 0 Å². The van der Waals surface area contributed by atoms with Crippen LogP contribution in [0.5, 0.6) is 0 Å². The van der Waals surface area contributed by atoms with Crippen LogP contribution in [0.4, 0.5) is 11.4 Å². The lowest BCUT2D eigenvalue weighted by Crippen LogP contribution is -2.73. The number of carbonyl (C=O) groups excluding carboxylic acids is 2. The molecule has 0 aliphatic carbocycles. The number of rotatable bonds is 5. The number of esters is 1. The zero-order valence-corrected chi connectivity index (χ0v) is 22.1. The number of likely N-dealkylation sites (tertiary alicyclic amines) is 1. The molecular weight excluding hydrogens is 557 g/mol. The van der Waals surface area contributed by atoms with Gasteiger partial charge in [-0.05, 0) is 37.6 Å². The van der Waals surface area contributed by atoms with Gasteiger partial charge in [-0.2, -0.15) is 0 Å². The largest absolute Gasteiger partial charge is 0.454 e. The maximum absolute atomic E-state index is 13.7. The first-order valence-electron chi connectivity index (χ1n) is 11.4. The highest BCUT2D eigenvalue weighted by molar-refractivity contribution is 9.10. The summed E-state index contributed by atoms with van der Waals surface area (Å²) in [6.45, 7) is 2.89. The fourth-order valence-corrected chi connectivity index (χ4v) is 5.90. The maximum Gasteiger partial charge on any atom is 0.303 e. The van der Waals surface area contributed by atoms with Gasteiger partial charge in [0.05, 0.1) is 41.1 Å². The number of carbonyl (C=O) groups is 2. The van der Waals surface area contributed by atoms with Crippen LogP contribution in [0.3, 0.4) is 0 Å². The van der Waals surface area contributed by atoms with E-state index in [4.69, 9.17) is 27.9 Å². The quantitative estimate of drug-likeness (QED) is 0.411. The number of benzene rings is 1. The maximum atomic E-state index is 13.7. The first-order valence-corrected chi connectivity index (χ1v) is 12.9. The van der Waals surface area contributed by atoms with Crippen LogP contribution < -0.4 is 10.6 Å². The summed E-state index contributed by atoms with van der Waals surface area (Å²) in [4.78, 5) is 31.6. The molecule has 4 heterocycles. The van der Waals surface area contributed by atoms with Gasteiger partial charge in [-0.3, -0.25) is 9.59 Å². The van der Waals surface area contributed by atoms with Gasteiger partial charge in [0.2, 0.25) is 0 Å². The lowest BCUT2D eigenvalue weighted by molar-refractivity contribution is -0.181. The zero-order chi connectivity index (χ0) is 24.7. The fourth-order valence-electron chi connectivity index (χ4n) is 4.89. The minimum absolute atomic E-state index is 0.0167. The van der Waals surface area contributed by atoms with Gasteiger partial charge in [-0.15, -0.1) is 0 Å². The smallest absolute Gasteiger partial charge is 0.303 e. The summed E-state index contributed by atoms with van der Waals surface area (Å²) >= 11 is 16.6. The molecule has 3 aromatic rings. The minimum Gasteiger partial charge on any atom is -0.454 e. The van der Waals surface area contributed by atoms with E-state index in [0.717, 1.165) is 30.3 Å². The highest BCUT2D eigenvalue weighted by Gasteiger charge is 2.54. The van der Waals surface area contributed by atoms with Crippen LogP contribution in [0.1, 0.15) is 36.5 Å². The number of ether oxygens (including phenoxy) is 1. The van der Waals surface area contributed by atoms with Crippen LogP contribution in [-0.2, 0) is 9.53 Å². The molecule has 8 nitrogen and oxygen atoms in total. The van der Waals surface area contributed by atoms with E-state index in [-0.39, 0.29) is 17.9 Å². The van der Waals surface area contributed by atoms with Gasteiger partial charge in [-0.1, -0.05) is 45.6 Å². The Labute approximate surface area is 221 Å². The lowest BCUT2D eigenvalue weighted by Gasteiger charge is -2.53. The van der Waals surface area contributed by atoms with E-state index in [1.54, 1.807) is 40.0 Å². The highest BCUT2D eigenvalue weighted by atomic mass is 79.9. The number of nitrogens with one attached hydrogen (secondary N) is 2. The number of fused-ring (bicyclic) bond motifs is 1. The number of hydrogen-bond acceptors (Lipinski definition) is 6. The van der Waals surface area contributed by atoms with E-state index in [9.17, 15) is 9.59 Å². The monoisotopic (exact) mass is 579 g/mol. The number of imidazole rings is 1. The molecule has 2 saturated heterocycles. The minimum atomic E-state index is -0.729. The number of aromatic nitrogens is 2. The topological polar surface area (TPSA) is 88.0 Å². The highest BCUT2D eigenvalue weighted by Crippen LogP contribution is 2.39. The van der Waals surface area contributed by atoms with Gasteiger partial charge in [0.1, 0.15) is 5.02 Å². The normalized spacial score (nSPS) is 19.3. The third kappa shape index (κ3) is 4.62. The number of pyridine rings is 1. The van der Waals surface area contributed by atoms with Gasteiger partial charge in [0.25, 0.3) is 5.91 Å². The van der Waals surface area contributed by atoms with Crippen LogP contribution in [0.2, 0.25) is 10.0 Å². The Morgan fingerprint density at radius 1 is 1.29 bits per heavy atom. The third-order valence-electron chi connectivity index (χ3n) is 6.54. The Hall–Kier alpha value is -2.33. The van der Waals surface area contributed by atoms with Crippen molar-refractivity contribution in [1.29, 1.82) is 0 Å². The molecule has 0 bridgehead atoms. The molecule has 2 fully saturated rings. The van der Waals surface area contributed by atoms with Crippen LogP contribution >= 0.6 is 39.1 Å². The van der Waals surface area contributed by atoms with E-state index in [2.05, 4.69) is 31.5 Å². The Morgan fingerprint density at radius 3 is 2.77 bits per heavy atom. The summed E-state index contributed by atoms with van der Waals surface area (Å²) in [6.07, 6.45) is 8.11. The summed E-state index contributed by atoms with van der Waals surface area (Å²) in [5.41, 5.74) is 1.18. The molecule has 1 atom stereocenters. The van der Waals surface area contributed by atoms with Crippen molar-refractivity contribution >= 4 is 68.0 Å². The Morgan fingerprint density at radius 2 is 2.09 bits per heavy atom. The van der Waals surface area contributed by atoms with Crippen LogP contribution in [-0.4, -0.2) is 57.4 Å². The van der Waals surface area contributed by atoms with Gasteiger partial charge in [0, 0.05) is 30.0 Å². The molecule has 1 amide bonds. The van der Waals surface area contributed by atoms with Gasteiger partial charge in [-0.25, -0.2) is 4.98 Å². The molecule has 0 radical (unpaired) electrons.